The van der Waals surface area contributed by atoms with Gasteiger partial charge in [-0.05, 0) is 36.1 Å². The molecule has 2 aromatic rings. The molecule has 2 nitrogen and oxygen atoms in total. The summed E-state index contributed by atoms with van der Waals surface area (Å²) >= 11 is 1.53. The molecule has 0 aliphatic carbocycles. The predicted molar refractivity (Wildman–Crippen MR) is 66.0 cm³/mol. The fraction of sp³-hybridized carbons (Fsp3) is 0.154. The second-order valence-electron chi connectivity index (χ2n) is 4.00. The Balaban J connectivity index is 1.97. The van der Waals surface area contributed by atoms with E-state index in [9.17, 15) is 4.79 Å². The van der Waals surface area contributed by atoms with E-state index in [4.69, 9.17) is 0 Å². The average Bonchev–Trinajstić information content (AvgIpc) is 2.84. The maximum absolute atomic E-state index is 12.1. The van der Waals surface area contributed by atoms with E-state index in [1.807, 2.05) is 47.5 Å². The van der Waals surface area contributed by atoms with E-state index in [1.165, 1.54) is 16.9 Å². The molecule has 0 radical (unpaired) electrons. The van der Waals surface area contributed by atoms with Crippen LogP contribution in [0.15, 0.2) is 35.7 Å². The van der Waals surface area contributed by atoms with Crippen LogP contribution >= 0.6 is 11.3 Å². The summed E-state index contributed by atoms with van der Waals surface area (Å²) in [5.41, 5.74) is 3.35. The lowest BCUT2D eigenvalue weighted by Crippen LogP contribution is -2.22. The number of carbonyl (C=O) groups excluding carboxylic acids is 1. The lowest BCUT2D eigenvalue weighted by Gasteiger charge is -2.15. The molecular weight excluding hydrogens is 218 g/mol. The molecular formula is C13H11NOS. The minimum Gasteiger partial charge on any atom is -0.303 e. The maximum Gasteiger partial charge on any atom is 0.269 e. The summed E-state index contributed by atoms with van der Waals surface area (Å²) in [5, 5.41) is 1.98. The molecule has 0 saturated carbocycles. The highest BCUT2D eigenvalue weighted by molar-refractivity contribution is 7.12. The number of benzene rings is 1. The number of nitrogens with zero attached hydrogens (tertiary/aromatic N) is 1. The van der Waals surface area contributed by atoms with Crippen LogP contribution in [0.3, 0.4) is 0 Å². The Morgan fingerprint density at radius 1 is 1.19 bits per heavy atom. The Kier molecular flexibility index (Phi) is 2.07. The summed E-state index contributed by atoms with van der Waals surface area (Å²) < 4.78 is 0. The molecule has 1 aromatic carbocycles. The normalized spacial score (nSPS) is 14.3. The Morgan fingerprint density at radius 3 is 2.62 bits per heavy atom. The van der Waals surface area contributed by atoms with Crippen molar-refractivity contribution in [3.05, 3.63) is 51.7 Å². The number of carbonyl (C=O) groups is 1. The molecule has 1 aliphatic rings. The third-order valence-electron chi connectivity index (χ3n) is 2.86. The molecule has 1 amide bonds. The summed E-state index contributed by atoms with van der Waals surface area (Å²) in [7, 11) is 0. The summed E-state index contributed by atoms with van der Waals surface area (Å²) in [6.07, 6.45) is 0. The molecule has 0 N–H and O–H groups in total. The van der Waals surface area contributed by atoms with Crippen LogP contribution < -0.4 is 4.90 Å². The number of anilines is 1. The molecule has 0 fully saturated rings. The largest absolute Gasteiger partial charge is 0.303 e. The monoisotopic (exact) mass is 229 g/mol. The number of hydrogen-bond acceptors (Lipinski definition) is 2. The van der Waals surface area contributed by atoms with E-state index in [2.05, 4.69) is 0 Å². The summed E-state index contributed by atoms with van der Waals surface area (Å²) in [4.78, 5) is 14.8. The molecule has 80 valence electrons. The predicted octanol–water partition coefficient (Wildman–Crippen LogP) is 3.22. The van der Waals surface area contributed by atoms with Gasteiger partial charge in [0.25, 0.3) is 5.91 Å². The summed E-state index contributed by atoms with van der Waals surface area (Å²) in [6.45, 7) is 2.76. The van der Waals surface area contributed by atoms with Gasteiger partial charge in [0.15, 0.2) is 0 Å². The minimum atomic E-state index is 0.133. The molecule has 0 atom stereocenters. The smallest absolute Gasteiger partial charge is 0.269 e. The van der Waals surface area contributed by atoms with Gasteiger partial charge < -0.3 is 4.90 Å². The van der Waals surface area contributed by atoms with Crippen LogP contribution in [-0.4, -0.2) is 5.91 Å². The number of thiophene rings is 1. The van der Waals surface area contributed by atoms with Crippen LogP contribution in [-0.2, 0) is 6.54 Å². The molecule has 0 spiro atoms. The molecule has 0 bridgehead atoms. The van der Waals surface area contributed by atoms with Crippen LogP contribution in [0.5, 0.6) is 0 Å². The van der Waals surface area contributed by atoms with Crippen LogP contribution in [0.25, 0.3) is 0 Å². The van der Waals surface area contributed by atoms with Crippen molar-refractivity contribution >= 4 is 22.9 Å². The fourth-order valence-electron chi connectivity index (χ4n) is 1.95. The molecule has 1 aromatic heterocycles. The second-order valence-corrected chi connectivity index (χ2v) is 4.92. The lowest BCUT2D eigenvalue weighted by atomic mass is 10.2. The molecule has 16 heavy (non-hydrogen) atoms. The topological polar surface area (TPSA) is 20.3 Å². The van der Waals surface area contributed by atoms with E-state index < -0.39 is 0 Å². The van der Waals surface area contributed by atoms with E-state index >= 15 is 0 Å². The average molecular weight is 229 g/mol. The summed E-state index contributed by atoms with van der Waals surface area (Å²) in [5.74, 6) is 0.133. The lowest BCUT2D eigenvalue weighted by molar-refractivity contribution is 0.1000. The van der Waals surface area contributed by atoms with Crippen LogP contribution in [0, 0.1) is 6.92 Å². The van der Waals surface area contributed by atoms with Crippen molar-refractivity contribution in [2.75, 3.05) is 4.90 Å². The van der Waals surface area contributed by atoms with Crippen molar-refractivity contribution in [3.63, 3.8) is 0 Å². The Hall–Kier alpha value is -1.61. The highest BCUT2D eigenvalue weighted by Gasteiger charge is 2.29. The zero-order chi connectivity index (χ0) is 11.1. The third-order valence-corrected chi connectivity index (χ3v) is 3.80. The number of rotatable bonds is 1. The van der Waals surface area contributed by atoms with Crippen molar-refractivity contribution in [2.45, 2.75) is 13.5 Å². The van der Waals surface area contributed by atoms with E-state index in [-0.39, 0.29) is 5.91 Å². The number of hydrogen-bond donors (Lipinski definition) is 0. The molecule has 3 rings (SSSR count). The van der Waals surface area contributed by atoms with Gasteiger partial charge in [-0.25, -0.2) is 0 Å². The highest BCUT2D eigenvalue weighted by atomic mass is 32.1. The maximum atomic E-state index is 12.1. The first-order chi connectivity index (χ1) is 7.75. The van der Waals surface area contributed by atoms with Crippen molar-refractivity contribution in [1.29, 1.82) is 0 Å². The van der Waals surface area contributed by atoms with Gasteiger partial charge in [-0.15, -0.1) is 11.3 Å². The molecule has 0 saturated heterocycles. The minimum absolute atomic E-state index is 0.133. The fourth-order valence-corrected chi connectivity index (χ4v) is 2.81. The van der Waals surface area contributed by atoms with Crippen molar-refractivity contribution in [2.24, 2.45) is 0 Å². The van der Waals surface area contributed by atoms with Crippen LogP contribution in [0.4, 0.5) is 5.69 Å². The molecule has 1 aliphatic heterocycles. The number of amides is 1. The van der Waals surface area contributed by atoms with Gasteiger partial charge in [0.2, 0.25) is 0 Å². The van der Waals surface area contributed by atoms with E-state index in [0.29, 0.717) is 6.54 Å². The quantitative estimate of drug-likeness (QED) is 0.735. The molecule has 0 unspecified atom stereocenters. The van der Waals surface area contributed by atoms with Crippen molar-refractivity contribution in [3.8, 4) is 0 Å². The second kappa shape index (κ2) is 3.46. The molecule has 3 heteroatoms. The first kappa shape index (κ1) is 9.60. The van der Waals surface area contributed by atoms with Gasteiger partial charge in [-0.1, -0.05) is 17.7 Å². The van der Waals surface area contributed by atoms with E-state index in [0.717, 1.165) is 16.1 Å². The number of fused-ring (bicyclic) bond motifs is 1. The van der Waals surface area contributed by atoms with Crippen LogP contribution in [0.1, 0.15) is 20.8 Å². The summed E-state index contributed by atoms with van der Waals surface area (Å²) in [6, 6.07) is 10.1. The van der Waals surface area contributed by atoms with E-state index in [1.54, 1.807) is 0 Å². The third kappa shape index (κ3) is 1.36. The Morgan fingerprint density at radius 2 is 1.94 bits per heavy atom. The number of aryl methyl sites for hydroxylation is 1. The van der Waals surface area contributed by atoms with Gasteiger partial charge >= 0.3 is 0 Å². The van der Waals surface area contributed by atoms with Crippen molar-refractivity contribution in [1.82, 2.24) is 0 Å². The SMILES string of the molecule is Cc1ccc(N2Cc3ccsc3C2=O)cc1. The first-order valence-electron chi connectivity index (χ1n) is 5.20. The van der Waals surface area contributed by atoms with Gasteiger partial charge in [0.1, 0.15) is 0 Å². The van der Waals surface area contributed by atoms with Crippen molar-refractivity contribution < 1.29 is 4.79 Å². The van der Waals surface area contributed by atoms with Gasteiger partial charge in [0.05, 0.1) is 11.4 Å². The van der Waals surface area contributed by atoms with Gasteiger partial charge in [-0.2, -0.15) is 0 Å². The molecule has 2 heterocycles. The Bertz CT molecular complexity index is 541. The zero-order valence-corrected chi connectivity index (χ0v) is 9.75. The Labute approximate surface area is 98.1 Å². The van der Waals surface area contributed by atoms with Crippen LogP contribution in [0.2, 0.25) is 0 Å². The van der Waals surface area contributed by atoms with Gasteiger partial charge in [-0.3, -0.25) is 4.79 Å². The first-order valence-corrected chi connectivity index (χ1v) is 6.08. The standard InChI is InChI=1S/C13H11NOS/c1-9-2-4-11(5-3-9)14-8-10-6-7-16-12(10)13(14)15/h2-7H,8H2,1H3. The highest BCUT2D eigenvalue weighted by Crippen LogP contribution is 2.31. The van der Waals surface area contributed by atoms with Gasteiger partial charge in [0, 0.05) is 5.69 Å². The zero-order valence-electron chi connectivity index (χ0n) is 8.93.